The highest BCUT2D eigenvalue weighted by molar-refractivity contribution is 9.10. The molecule has 2 rings (SSSR count). The molecule has 4 heteroatoms. The van der Waals surface area contributed by atoms with E-state index < -0.39 is 5.95 Å². The lowest BCUT2D eigenvalue weighted by atomic mass is 10.3. The standard InChI is InChI=1S/C8H6BrFN2/c1-12-3-2-5-4-6(9)7(10)11-8(5)12/h2-4H,1H3. The molecular weight excluding hydrogens is 223 g/mol. The summed E-state index contributed by atoms with van der Waals surface area (Å²) in [6, 6.07) is 3.62. The topological polar surface area (TPSA) is 17.8 Å². The van der Waals surface area contributed by atoms with Crippen molar-refractivity contribution in [2.24, 2.45) is 7.05 Å². The van der Waals surface area contributed by atoms with Crippen LogP contribution < -0.4 is 0 Å². The summed E-state index contributed by atoms with van der Waals surface area (Å²) in [5.74, 6) is -0.468. The summed E-state index contributed by atoms with van der Waals surface area (Å²) in [7, 11) is 1.84. The second-order valence-electron chi connectivity index (χ2n) is 2.60. The van der Waals surface area contributed by atoms with Crippen molar-refractivity contribution in [1.82, 2.24) is 9.55 Å². The molecule has 0 atom stereocenters. The van der Waals surface area contributed by atoms with E-state index in [0.29, 0.717) is 10.1 Å². The molecule has 0 spiro atoms. The van der Waals surface area contributed by atoms with Crippen molar-refractivity contribution in [2.45, 2.75) is 0 Å². The van der Waals surface area contributed by atoms with Crippen molar-refractivity contribution in [3.63, 3.8) is 0 Å². The Morgan fingerprint density at radius 1 is 1.58 bits per heavy atom. The van der Waals surface area contributed by atoms with E-state index in [1.807, 2.05) is 19.3 Å². The van der Waals surface area contributed by atoms with Gasteiger partial charge >= 0.3 is 0 Å². The highest BCUT2D eigenvalue weighted by Gasteiger charge is 2.05. The van der Waals surface area contributed by atoms with Crippen LogP contribution in [0.1, 0.15) is 0 Å². The normalized spacial score (nSPS) is 10.9. The van der Waals surface area contributed by atoms with Crippen LogP contribution in [0, 0.1) is 5.95 Å². The summed E-state index contributed by atoms with van der Waals surface area (Å²) >= 11 is 3.08. The number of hydrogen-bond acceptors (Lipinski definition) is 1. The van der Waals surface area contributed by atoms with Crippen LogP contribution in [0.4, 0.5) is 4.39 Å². The maximum absolute atomic E-state index is 12.9. The Morgan fingerprint density at radius 3 is 3.08 bits per heavy atom. The first kappa shape index (κ1) is 7.73. The minimum absolute atomic E-state index is 0.404. The van der Waals surface area contributed by atoms with Gasteiger partial charge in [0.15, 0.2) is 0 Å². The average Bonchev–Trinajstić information content (AvgIpc) is 2.35. The molecule has 0 aliphatic rings. The predicted octanol–water partition coefficient (Wildman–Crippen LogP) is 2.47. The van der Waals surface area contributed by atoms with Crippen molar-refractivity contribution in [3.8, 4) is 0 Å². The minimum Gasteiger partial charge on any atom is -0.335 e. The second kappa shape index (κ2) is 2.55. The molecule has 2 heterocycles. The summed E-state index contributed by atoms with van der Waals surface area (Å²) < 4.78 is 15.1. The summed E-state index contributed by atoms with van der Waals surface area (Å²) in [6.45, 7) is 0. The Labute approximate surface area is 77.1 Å². The van der Waals surface area contributed by atoms with Gasteiger partial charge in [0.2, 0.25) is 5.95 Å². The van der Waals surface area contributed by atoms with E-state index in [2.05, 4.69) is 20.9 Å². The zero-order chi connectivity index (χ0) is 8.72. The number of rotatable bonds is 0. The Bertz CT molecular complexity index is 436. The molecule has 0 unspecified atom stereocenters. The fraction of sp³-hybridized carbons (Fsp3) is 0.125. The number of halogens is 2. The summed E-state index contributed by atoms with van der Waals surface area (Å²) in [6.07, 6.45) is 1.85. The first-order chi connectivity index (χ1) is 5.68. The Kier molecular flexibility index (Phi) is 1.65. The number of fused-ring (bicyclic) bond motifs is 1. The molecule has 0 aliphatic carbocycles. The van der Waals surface area contributed by atoms with Crippen LogP contribution in [0.3, 0.4) is 0 Å². The molecular formula is C8H6BrFN2. The van der Waals surface area contributed by atoms with Gasteiger partial charge in [-0.3, -0.25) is 0 Å². The Morgan fingerprint density at radius 2 is 2.33 bits per heavy atom. The Hall–Kier alpha value is -0.900. The maximum Gasteiger partial charge on any atom is 0.229 e. The van der Waals surface area contributed by atoms with E-state index in [-0.39, 0.29) is 0 Å². The van der Waals surface area contributed by atoms with E-state index in [9.17, 15) is 4.39 Å². The number of aromatic nitrogens is 2. The van der Waals surface area contributed by atoms with Crippen LogP contribution in [0.2, 0.25) is 0 Å². The largest absolute Gasteiger partial charge is 0.335 e. The number of pyridine rings is 1. The minimum atomic E-state index is -0.468. The predicted molar refractivity (Wildman–Crippen MR) is 48.4 cm³/mol. The molecule has 2 nitrogen and oxygen atoms in total. The third-order valence-electron chi connectivity index (χ3n) is 1.75. The van der Waals surface area contributed by atoms with E-state index in [0.717, 1.165) is 5.39 Å². The van der Waals surface area contributed by atoms with Crippen molar-refractivity contribution in [3.05, 3.63) is 28.7 Å². The van der Waals surface area contributed by atoms with Crippen LogP contribution in [0.25, 0.3) is 11.0 Å². The second-order valence-corrected chi connectivity index (χ2v) is 3.45. The maximum atomic E-state index is 12.9. The van der Waals surface area contributed by atoms with Crippen LogP contribution in [-0.4, -0.2) is 9.55 Å². The van der Waals surface area contributed by atoms with Crippen LogP contribution in [0.5, 0.6) is 0 Å². The van der Waals surface area contributed by atoms with Gasteiger partial charge in [0.25, 0.3) is 0 Å². The lowest BCUT2D eigenvalue weighted by Gasteiger charge is -1.96. The van der Waals surface area contributed by atoms with E-state index in [1.165, 1.54) is 0 Å². The number of aryl methyl sites for hydroxylation is 1. The monoisotopic (exact) mass is 228 g/mol. The summed E-state index contributed by atoms with van der Waals surface area (Å²) in [5.41, 5.74) is 0.663. The zero-order valence-electron chi connectivity index (χ0n) is 6.38. The van der Waals surface area contributed by atoms with Gasteiger partial charge in [0, 0.05) is 18.6 Å². The number of hydrogen-bond donors (Lipinski definition) is 0. The first-order valence-electron chi connectivity index (χ1n) is 3.45. The highest BCUT2D eigenvalue weighted by Crippen LogP contribution is 2.20. The average molecular weight is 229 g/mol. The molecule has 0 N–H and O–H groups in total. The summed E-state index contributed by atoms with van der Waals surface area (Å²) in [4.78, 5) is 3.78. The smallest absolute Gasteiger partial charge is 0.229 e. The van der Waals surface area contributed by atoms with Crippen LogP contribution in [-0.2, 0) is 7.05 Å². The molecule has 0 radical (unpaired) electrons. The molecule has 2 aromatic rings. The molecule has 0 amide bonds. The van der Waals surface area contributed by atoms with Gasteiger partial charge in [-0.15, -0.1) is 0 Å². The quantitative estimate of drug-likeness (QED) is 0.634. The molecule has 0 bridgehead atoms. The van der Waals surface area contributed by atoms with Crippen molar-refractivity contribution in [2.75, 3.05) is 0 Å². The number of nitrogens with zero attached hydrogens (tertiary/aromatic N) is 2. The molecule has 0 aromatic carbocycles. The van der Waals surface area contributed by atoms with Gasteiger partial charge in [-0.05, 0) is 28.1 Å². The zero-order valence-corrected chi connectivity index (χ0v) is 7.97. The van der Waals surface area contributed by atoms with Gasteiger partial charge in [-0.1, -0.05) is 0 Å². The van der Waals surface area contributed by atoms with E-state index >= 15 is 0 Å². The molecule has 0 saturated heterocycles. The molecule has 0 fully saturated rings. The third kappa shape index (κ3) is 1.03. The molecule has 62 valence electrons. The lowest BCUT2D eigenvalue weighted by molar-refractivity contribution is 0.579. The molecule has 0 saturated carbocycles. The van der Waals surface area contributed by atoms with Crippen molar-refractivity contribution < 1.29 is 4.39 Å². The van der Waals surface area contributed by atoms with Gasteiger partial charge in [0.05, 0.1) is 4.47 Å². The summed E-state index contributed by atoms with van der Waals surface area (Å²) in [5, 5.41) is 0.936. The first-order valence-corrected chi connectivity index (χ1v) is 4.25. The van der Waals surface area contributed by atoms with Crippen molar-refractivity contribution >= 4 is 27.0 Å². The van der Waals surface area contributed by atoms with Crippen LogP contribution >= 0.6 is 15.9 Å². The molecule has 2 aromatic heterocycles. The highest BCUT2D eigenvalue weighted by atomic mass is 79.9. The van der Waals surface area contributed by atoms with Gasteiger partial charge in [0.1, 0.15) is 5.65 Å². The molecule has 12 heavy (non-hydrogen) atoms. The molecule has 0 aliphatic heterocycles. The lowest BCUT2D eigenvalue weighted by Crippen LogP contribution is -1.91. The Balaban J connectivity index is 2.87. The third-order valence-corrected chi connectivity index (χ3v) is 2.31. The SMILES string of the molecule is Cn1ccc2cc(Br)c(F)nc21. The van der Waals surface area contributed by atoms with Crippen molar-refractivity contribution in [1.29, 1.82) is 0 Å². The fourth-order valence-electron chi connectivity index (χ4n) is 1.14. The van der Waals surface area contributed by atoms with Gasteiger partial charge in [-0.2, -0.15) is 4.39 Å². The van der Waals surface area contributed by atoms with Gasteiger partial charge in [-0.25, -0.2) is 4.98 Å². The van der Waals surface area contributed by atoms with Crippen LogP contribution in [0.15, 0.2) is 22.8 Å². The van der Waals surface area contributed by atoms with Gasteiger partial charge < -0.3 is 4.57 Å². The van der Waals surface area contributed by atoms with E-state index in [1.54, 1.807) is 10.6 Å². The van der Waals surface area contributed by atoms with E-state index in [4.69, 9.17) is 0 Å². The fourth-order valence-corrected chi connectivity index (χ4v) is 1.47.